The molecule has 0 aliphatic carbocycles. The van der Waals surface area contributed by atoms with Crippen molar-refractivity contribution in [1.29, 1.82) is 0 Å². The first-order chi connectivity index (χ1) is 19.6. The number of carbonyl (C=O) groups excluding carboxylic acids is 2. The number of anilines is 1. The van der Waals surface area contributed by atoms with Crippen LogP contribution in [0.4, 0.5) is 5.69 Å². The van der Waals surface area contributed by atoms with E-state index < -0.39 is 5.97 Å². The van der Waals surface area contributed by atoms with Gasteiger partial charge in [0.05, 0.1) is 24.6 Å². The highest BCUT2D eigenvalue weighted by molar-refractivity contribution is 6.04. The number of hydrogen-bond donors (Lipinski definition) is 3. The molecule has 216 valence electrons. The molecule has 0 saturated heterocycles. The molecule has 2 heterocycles. The van der Waals surface area contributed by atoms with Crippen LogP contribution in [-0.2, 0) is 17.8 Å². The number of aromatic nitrogens is 1. The molecular formula is C31H36N4O6. The molecule has 10 nitrogen and oxygen atoms in total. The average Bonchev–Trinajstić information content (AvgIpc) is 3.00. The summed E-state index contributed by atoms with van der Waals surface area (Å²) < 4.78 is 6.56. The van der Waals surface area contributed by atoms with Gasteiger partial charge in [-0.25, -0.2) is 4.79 Å². The molecule has 1 aliphatic rings. The lowest BCUT2D eigenvalue weighted by molar-refractivity contribution is -0.134. The maximum atomic E-state index is 13.4. The fraction of sp³-hybridized carbons (Fsp3) is 0.355. The molecule has 0 unspecified atom stereocenters. The molecule has 0 saturated carbocycles. The molecule has 1 aromatic heterocycles. The summed E-state index contributed by atoms with van der Waals surface area (Å²) in [6.07, 6.45) is 2.86. The third-order valence-corrected chi connectivity index (χ3v) is 7.26. The summed E-state index contributed by atoms with van der Waals surface area (Å²) in [6, 6.07) is 14.9. The van der Waals surface area contributed by atoms with Gasteiger partial charge in [-0.05, 0) is 62.0 Å². The number of fused-ring (bicyclic) bond motifs is 1. The standard InChI is InChI=1S/C31H36N4O6/c1-20-16-35(21(2)19-36)29(37)15-25-14-26(33-30(38)23-10-12-32-13-11-23)8-9-27(25)41-28(20)18-34(3)17-22-4-6-24(7-5-22)31(39)40/h4-14,20-21,28,36H,15-19H2,1-3H3,(H,33,38)(H,39,40)/t20-,21-,28+/m0/s1. The summed E-state index contributed by atoms with van der Waals surface area (Å²) in [5.74, 6) is -0.889. The SMILES string of the molecule is C[C@H]1CN([C@@H](C)CO)C(=O)Cc2cc(NC(=O)c3ccncc3)ccc2O[C@@H]1CN(C)Cc1ccc(C(=O)O)cc1. The number of amides is 2. The van der Waals surface area contributed by atoms with E-state index in [0.717, 1.165) is 5.56 Å². The molecule has 10 heteroatoms. The zero-order chi connectivity index (χ0) is 29.5. The molecule has 41 heavy (non-hydrogen) atoms. The number of nitrogens with one attached hydrogen (secondary N) is 1. The molecule has 0 fully saturated rings. The van der Waals surface area contributed by atoms with Gasteiger partial charge >= 0.3 is 5.97 Å². The zero-order valence-electron chi connectivity index (χ0n) is 23.5. The summed E-state index contributed by atoms with van der Waals surface area (Å²) in [6.45, 7) is 5.21. The largest absolute Gasteiger partial charge is 0.488 e. The minimum atomic E-state index is -0.965. The number of aliphatic hydroxyl groups is 1. The number of nitrogens with zero attached hydrogens (tertiary/aromatic N) is 3. The van der Waals surface area contributed by atoms with Crippen LogP contribution in [-0.4, -0.2) is 81.7 Å². The van der Waals surface area contributed by atoms with Crippen LogP contribution < -0.4 is 10.1 Å². The van der Waals surface area contributed by atoms with E-state index in [-0.39, 0.29) is 48.5 Å². The van der Waals surface area contributed by atoms with Crippen molar-refractivity contribution in [3.8, 4) is 5.75 Å². The van der Waals surface area contributed by atoms with Gasteiger partial charge in [-0.3, -0.25) is 19.5 Å². The van der Waals surface area contributed by atoms with E-state index in [4.69, 9.17) is 4.74 Å². The van der Waals surface area contributed by atoms with Crippen LogP contribution in [0.15, 0.2) is 67.0 Å². The van der Waals surface area contributed by atoms with Crippen molar-refractivity contribution in [3.05, 3.63) is 89.2 Å². The highest BCUT2D eigenvalue weighted by Crippen LogP contribution is 2.29. The molecule has 2 aromatic carbocycles. The predicted octanol–water partition coefficient (Wildman–Crippen LogP) is 3.31. The first-order valence-corrected chi connectivity index (χ1v) is 13.6. The van der Waals surface area contributed by atoms with Gasteiger partial charge in [0.2, 0.25) is 5.91 Å². The van der Waals surface area contributed by atoms with Crippen LogP contribution in [0.5, 0.6) is 5.75 Å². The van der Waals surface area contributed by atoms with Crippen LogP contribution in [0.25, 0.3) is 0 Å². The Kier molecular flexibility index (Phi) is 9.69. The number of aliphatic hydroxyl groups excluding tert-OH is 1. The van der Waals surface area contributed by atoms with Crippen molar-refractivity contribution in [2.75, 3.05) is 32.1 Å². The number of pyridine rings is 1. The fourth-order valence-corrected chi connectivity index (χ4v) is 4.87. The monoisotopic (exact) mass is 560 g/mol. The molecule has 2 amide bonds. The lowest BCUT2D eigenvalue weighted by Crippen LogP contribution is -2.47. The lowest BCUT2D eigenvalue weighted by Gasteiger charge is -2.34. The Hall–Kier alpha value is -4.28. The van der Waals surface area contributed by atoms with Gasteiger partial charge in [-0.1, -0.05) is 19.1 Å². The summed E-state index contributed by atoms with van der Waals surface area (Å²) in [4.78, 5) is 45.1. The molecule has 0 radical (unpaired) electrons. The van der Waals surface area contributed by atoms with Gasteiger partial charge in [-0.15, -0.1) is 0 Å². The first kappa shape index (κ1) is 29.7. The second-order valence-corrected chi connectivity index (χ2v) is 10.6. The van der Waals surface area contributed by atoms with Gasteiger partial charge in [0.1, 0.15) is 11.9 Å². The molecule has 1 aliphatic heterocycles. The van der Waals surface area contributed by atoms with Crippen LogP contribution in [0.3, 0.4) is 0 Å². The summed E-state index contributed by atoms with van der Waals surface area (Å²) in [5.41, 5.74) is 2.85. The molecule has 3 atom stereocenters. The summed E-state index contributed by atoms with van der Waals surface area (Å²) >= 11 is 0. The van der Waals surface area contributed by atoms with E-state index in [0.29, 0.717) is 42.2 Å². The van der Waals surface area contributed by atoms with Crippen LogP contribution in [0.1, 0.15) is 45.7 Å². The number of hydrogen-bond acceptors (Lipinski definition) is 7. The molecule has 3 aromatic rings. The second kappa shape index (κ2) is 13.4. The minimum Gasteiger partial charge on any atom is -0.488 e. The maximum Gasteiger partial charge on any atom is 0.335 e. The number of benzene rings is 2. The summed E-state index contributed by atoms with van der Waals surface area (Å²) in [5, 5.41) is 21.9. The van der Waals surface area contributed by atoms with Crippen LogP contribution in [0.2, 0.25) is 0 Å². The topological polar surface area (TPSA) is 132 Å². The van der Waals surface area contributed by atoms with Gasteiger partial charge in [-0.2, -0.15) is 0 Å². The Morgan fingerprint density at radius 2 is 1.83 bits per heavy atom. The lowest BCUT2D eigenvalue weighted by atomic mass is 10.0. The number of likely N-dealkylation sites (N-methyl/N-ethyl adjacent to an activating group) is 1. The number of ether oxygens (including phenoxy) is 1. The Morgan fingerprint density at radius 1 is 1.12 bits per heavy atom. The number of rotatable bonds is 9. The highest BCUT2D eigenvalue weighted by atomic mass is 16.5. The molecular weight excluding hydrogens is 524 g/mol. The normalized spacial score (nSPS) is 18.0. The molecule has 4 rings (SSSR count). The third kappa shape index (κ3) is 7.68. The van der Waals surface area contributed by atoms with E-state index >= 15 is 0 Å². The first-order valence-electron chi connectivity index (χ1n) is 13.6. The van der Waals surface area contributed by atoms with Crippen LogP contribution in [0, 0.1) is 5.92 Å². The van der Waals surface area contributed by atoms with Crippen molar-refractivity contribution in [2.24, 2.45) is 5.92 Å². The minimum absolute atomic E-state index is 0.0594. The van der Waals surface area contributed by atoms with Crippen molar-refractivity contribution >= 4 is 23.5 Å². The van der Waals surface area contributed by atoms with E-state index in [9.17, 15) is 24.6 Å². The van der Waals surface area contributed by atoms with E-state index in [2.05, 4.69) is 15.2 Å². The second-order valence-electron chi connectivity index (χ2n) is 10.6. The van der Waals surface area contributed by atoms with Crippen LogP contribution >= 0.6 is 0 Å². The van der Waals surface area contributed by atoms with Crippen molar-refractivity contribution in [1.82, 2.24) is 14.8 Å². The Morgan fingerprint density at radius 3 is 2.49 bits per heavy atom. The van der Waals surface area contributed by atoms with Gasteiger partial charge in [0.25, 0.3) is 5.91 Å². The third-order valence-electron chi connectivity index (χ3n) is 7.26. The number of carboxylic acids is 1. The van der Waals surface area contributed by atoms with Gasteiger partial charge in [0.15, 0.2) is 0 Å². The van der Waals surface area contributed by atoms with E-state index in [1.165, 1.54) is 0 Å². The van der Waals surface area contributed by atoms with Crippen molar-refractivity contribution < 1.29 is 29.3 Å². The van der Waals surface area contributed by atoms with Gasteiger partial charge < -0.3 is 25.2 Å². The Balaban J connectivity index is 1.57. The summed E-state index contributed by atoms with van der Waals surface area (Å²) in [7, 11) is 1.96. The van der Waals surface area contributed by atoms with Crippen molar-refractivity contribution in [3.63, 3.8) is 0 Å². The van der Waals surface area contributed by atoms with Crippen molar-refractivity contribution in [2.45, 2.75) is 39.0 Å². The Labute approximate surface area is 239 Å². The van der Waals surface area contributed by atoms with E-state index in [1.54, 1.807) is 71.9 Å². The van der Waals surface area contributed by atoms with Gasteiger partial charge in [0, 0.05) is 54.8 Å². The zero-order valence-corrected chi connectivity index (χ0v) is 23.5. The number of carbonyl (C=O) groups is 3. The maximum absolute atomic E-state index is 13.4. The average molecular weight is 561 g/mol. The predicted molar refractivity (Wildman–Crippen MR) is 154 cm³/mol. The molecule has 0 spiro atoms. The molecule has 3 N–H and O–H groups in total. The quantitative estimate of drug-likeness (QED) is 0.363. The molecule has 0 bridgehead atoms. The number of carboxylic acid groups (broad SMARTS) is 1. The Bertz CT molecular complexity index is 1360. The highest BCUT2D eigenvalue weighted by Gasteiger charge is 2.31. The van der Waals surface area contributed by atoms with E-state index in [1.807, 2.05) is 20.9 Å². The smallest absolute Gasteiger partial charge is 0.335 e. The fourth-order valence-electron chi connectivity index (χ4n) is 4.87. The number of aromatic carboxylic acids is 1.